The van der Waals surface area contributed by atoms with Crippen LogP contribution in [0.25, 0.3) is 0 Å². The minimum Gasteiger partial charge on any atom is -0.481 e. The lowest BCUT2D eigenvalue weighted by Gasteiger charge is -2.34. The second-order valence-electron chi connectivity index (χ2n) is 6.54. The van der Waals surface area contributed by atoms with Crippen LogP contribution in [0.15, 0.2) is 0 Å². The zero-order valence-electron chi connectivity index (χ0n) is 11.8. The molecule has 2 fully saturated rings. The van der Waals surface area contributed by atoms with Gasteiger partial charge in [0.25, 0.3) is 0 Å². The van der Waals surface area contributed by atoms with Crippen molar-refractivity contribution in [1.29, 1.82) is 0 Å². The molecule has 0 aromatic rings. The first-order chi connectivity index (χ1) is 9.30. The lowest BCUT2D eigenvalue weighted by Crippen LogP contribution is -2.43. The van der Waals surface area contributed by atoms with Gasteiger partial charge in [0.1, 0.15) is 0 Å². The summed E-state index contributed by atoms with van der Waals surface area (Å²) in [7, 11) is -3.26. The fourth-order valence-corrected chi connectivity index (χ4v) is 5.83. The third-order valence-electron chi connectivity index (χ3n) is 4.72. The Morgan fingerprint density at radius 1 is 1.10 bits per heavy atom. The molecule has 116 valence electrons. The highest BCUT2D eigenvalue weighted by Gasteiger charge is 2.39. The number of hydrogen-bond donors (Lipinski definition) is 2. The van der Waals surface area contributed by atoms with Gasteiger partial charge in [-0.15, -0.1) is 0 Å². The second kappa shape index (κ2) is 6.02. The molecule has 2 N–H and O–H groups in total. The van der Waals surface area contributed by atoms with E-state index in [1.165, 1.54) is 0 Å². The molecule has 0 radical (unpaired) electrons. The summed E-state index contributed by atoms with van der Waals surface area (Å²) in [5.41, 5.74) is -1.22. The lowest BCUT2D eigenvalue weighted by molar-refractivity contribution is -0.144. The first-order valence-electron chi connectivity index (χ1n) is 7.45. The highest BCUT2D eigenvalue weighted by molar-refractivity contribution is 7.91. The lowest BCUT2D eigenvalue weighted by atomic mass is 9.80. The monoisotopic (exact) mass is 304 g/mol. The van der Waals surface area contributed by atoms with E-state index in [9.17, 15) is 18.3 Å². The topological polar surface area (TPSA) is 91.7 Å². The van der Waals surface area contributed by atoms with Gasteiger partial charge in [0.05, 0.1) is 23.0 Å². The molecule has 0 saturated heterocycles. The van der Waals surface area contributed by atoms with Crippen molar-refractivity contribution in [2.24, 2.45) is 11.8 Å². The van der Waals surface area contributed by atoms with Crippen LogP contribution in [0.4, 0.5) is 0 Å². The van der Waals surface area contributed by atoms with E-state index in [0.717, 1.165) is 25.7 Å². The molecule has 0 spiro atoms. The summed E-state index contributed by atoms with van der Waals surface area (Å²) in [4.78, 5) is 10.9. The molecular formula is C14H24O5S. The molecule has 0 unspecified atom stereocenters. The Hall–Kier alpha value is -0.620. The summed E-state index contributed by atoms with van der Waals surface area (Å²) in [6.07, 6.45) is 5.42. The first kappa shape index (κ1) is 15.8. The third-order valence-corrected chi connectivity index (χ3v) is 6.67. The number of carboxylic acids is 1. The maximum absolute atomic E-state index is 12.2. The van der Waals surface area contributed by atoms with Crippen LogP contribution in [0.2, 0.25) is 0 Å². The van der Waals surface area contributed by atoms with Crippen LogP contribution in [0, 0.1) is 11.8 Å². The molecule has 0 aromatic heterocycles. The van der Waals surface area contributed by atoms with Crippen LogP contribution < -0.4 is 0 Å². The molecule has 20 heavy (non-hydrogen) atoms. The molecule has 6 heteroatoms. The van der Waals surface area contributed by atoms with Gasteiger partial charge in [-0.2, -0.15) is 0 Å². The van der Waals surface area contributed by atoms with E-state index in [4.69, 9.17) is 5.11 Å². The van der Waals surface area contributed by atoms with Crippen molar-refractivity contribution in [2.75, 3.05) is 11.5 Å². The molecule has 2 aliphatic rings. The number of carbonyl (C=O) groups is 1. The van der Waals surface area contributed by atoms with Gasteiger partial charge >= 0.3 is 5.97 Å². The van der Waals surface area contributed by atoms with Crippen molar-refractivity contribution in [2.45, 2.75) is 57.0 Å². The summed E-state index contributed by atoms with van der Waals surface area (Å²) >= 11 is 0. The summed E-state index contributed by atoms with van der Waals surface area (Å²) in [6, 6.07) is 0. The Labute approximate surface area is 120 Å². The zero-order chi connectivity index (χ0) is 14.8. The second-order valence-corrected chi connectivity index (χ2v) is 8.65. The Balaban J connectivity index is 1.89. The number of carboxylic acid groups (broad SMARTS) is 1. The van der Waals surface area contributed by atoms with Gasteiger partial charge < -0.3 is 10.2 Å². The molecule has 0 aromatic carbocycles. The smallest absolute Gasteiger partial charge is 0.306 e. The van der Waals surface area contributed by atoms with E-state index in [-0.39, 0.29) is 30.3 Å². The van der Waals surface area contributed by atoms with Crippen molar-refractivity contribution in [1.82, 2.24) is 0 Å². The maximum Gasteiger partial charge on any atom is 0.306 e. The molecule has 2 rings (SSSR count). The van der Waals surface area contributed by atoms with E-state index in [1.54, 1.807) is 0 Å². The van der Waals surface area contributed by atoms with Gasteiger partial charge in [-0.05, 0) is 44.4 Å². The largest absolute Gasteiger partial charge is 0.481 e. The van der Waals surface area contributed by atoms with Crippen LogP contribution in [0.3, 0.4) is 0 Å². The Morgan fingerprint density at radius 3 is 2.15 bits per heavy atom. The first-order valence-corrected chi connectivity index (χ1v) is 9.27. The molecular weight excluding hydrogens is 280 g/mol. The van der Waals surface area contributed by atoms with Crippen molar-refractivity contribution < 1.29 is 23.4 Å². The van der Waals surface area contributed by atoms with Gasteiger partial charge in [-0.3, -0.25) is 4.79 Å². The van der Waals surface area contributed by atoms with E-state index in [1.807, 2.05) is 0 Å². The summed E-state index contributed by atoms with van der Waals surface area (Å²) in [5.74, 6) is -1.06. The van der Waals surface area contributed by atoms with Crippen LogP contribution in [-0.4, -0.2) is 41.7 Å². The van der Waals surface area contributed by atoms with Crippen molar-refractivity contribution in [3.05, 3.63) is 0 Å². The number of sulfone groups is 1. The fourth-order valence-electron chi connectivity index (χ4n) is 3.55. The van der Waals surface area contributed by atoms with Gasteiger partial charge in [0.2, 0.25) is 0 Å². The highest BCUT2D eigenvalue weighted by Crippen LogP contribution is 2.34. The summed E-state index contributed by atoms with van der Waals surface area (Å²) in [5, 5.41) is 19.3. The van der Waals surface area contributed by atoms with Crippen molar-refractivity contribution in [3.63, 3.8) is 0 Å². The number of hydrogen-bond acceptors (Lipinski definition) is 4. The SMILES string of the molecule is O=C(O)C1CCC(O)(CS(=O)(=O)CC2CCCC2)CC1. The van der Waals surface area contributed by atoms with E-state index in [2.05, 4.69) is 0 Å². The van der Waals surface area contributed by atoms with Gasteiger partial charge in [-0.25, -0.2) is 8.42 Å². The molecule has 0 heterocycles. The Kier molecular flexibility index (Phi) is 4.74. The van der Waals surface area contributed by atoms with Crippen molar-refractivity contribution in [3.8, 4) is 0 Å². The van der Waals surface area contributed by atoms with Gasteiger partial charge in [0, 0.05) is 0 Å². The van der Waals surface area contributed by atoms with Crippen LogP contribution in [0.1, 0.15) is 51.4 Å². The third kappa shape index (κ3) is 4.19. The molecule has 0 atom stereocenters. The molecule has 5 nitrogen and oxygen atoms in total. The quantitative estimate of drug-likeness (QED) is 0.805. The van der Waals surface area contributed by atoms with E-state index < -0.39 is 27.3 Å². The number of aliphatic hydroxyl groups is 1. The average molecular weight is 304 g/mol. The normalized spacial score (nSPS) is 32.4. The van der Waals surface area contributed by atoms with Crippen LogP contribution in [-0.2, 0) is 14.6 Å². The molecule has 2 aliphatic carbocycles. The molecule has 2 saturated carbocycles. The van der Waals surface area contributed by atoms with Gasteiger partial charge in [0.15, 0.2) is 9.84 Å². The van der Waals surface area contributed by atoms with E-state index in [0.29, 0.717) is 12.8 Å². The highest BCUT2D eigenvalue weighted by atomic mass is 32.2. The maximum atomic E-state index is 12.2. The summed E-state index contributed by atoms with van der Waals surface area (Å²) in [6.45, 7) is 0. The predicted molar refractivity (Wildman–Crippen MR) is 75.2 cm³/mol. The van der Waals surface area contributed by atoms with Crippen LogP contribution in [0.5, 0.6) is 0 Å². The zero-order valence-corrected chi connectivity index (χ0v) is 12.6. The number of rotatable bonds is 5. The standard InChI is InChI=1S/C14H24O5S/c15-13(16)12-5-7-14(17,8-6-12)10-20(18,19)9-11-3-1-2-4-11/h11-12,17H,1-10H2,(H,15,16). The Morgan fingerprint density at radius 2 is 1.65 bits per heavy atom. The molecule has 0 bridgehead atoms. The van der Waals surface area contributed by atoms with Gasteiger partial charge in [-0.1, -0.05) is 12.8 Å². The molecule has 0 aliphatic heterocycles. The fraction of sp³-hybridized carbons (Fsp3) is 0.929. The average Bonchev–Trinajstić information content (AvgIpc) is 2.79. The Bertz CT molecular complexity index is 442. The van der Waals surface area contributed by atoms with Crippen LogP contribution >= 0.6 is 0 Å². The minimum absolute atomic E-state index is 0.178. The predicted octanol–water partition coefficient (Wildman–Crippen LogP) is 1.60. The van der Waals surface area contributed by atoms with E-state index >= 15 is 0 Å². The summed E-state index contributed by atoms with van der Waals surface area (Å²) < 4.78 is 24.4. The van der Waals surface area contributed by atoms with Crippen molar-refractivity contribution >= 4 is 15.8 Å². The number of aliphatic carboxylic acids is 1. The minimum atomic E-state index is -3.26. The molecule has 0 amide bonds.